The van der Waals surface area contributed by atoms with E-state index in [1.54, 1.807) is 0 Å². The quantitative estimate of drug-likeness (QED) is 0.643. The van der Waals surface area contributed by atoms with Crippen LogP contribution in [0.4, 0.5) is 0 Å². The lowest BCUT2D eigenvalue weighted by Crippen LogP contribution is -2.19. The van der Waals surface area contributed by atoms with Gasteiger partial charge >= 0.3 is 0 Å². The Balaban J connectivity index is 1.98. The van der Waals surface area contributed by atoms with E-state index in [2.05, 4.69) is 73.1 Å². The van der Waals surface area contributed by atoms with Crippen molar-refractivity contribution in [1.82, 2.24) is 5.32 Å². The SMILES string of the molecule is CCCNC(C)c1cccc(-c2cccc3ccsc23)c1. The van der Waals surface area contributed by atoms with Gasteiger partial charge in [0.05, 0.1) is 0 Å². The van der Waals surface area contributed by atoms with E-state index in [4.69, 9.17) is 0 Å². The van der Waals surface area contributed by atoms with Crippen LogP contribution in [0, 0.1) is 0 Å². The van der Waals surface area contributed by atoms with E-state index in [-0.39, 0.29) is 0 Å². The van der Waals surface area contributed by atoms with Gasteiger partial charge in [-0.05, 0) is 59.5 Å². The van der Waals surface area contributed by atoms with Crippen LogP contribution >= 0.6 is 11.3 Å². The molecule has 0 radical (unpaired) electrons. The van der Waals surface area contributed by atoms with Gasteiger partial charge in [-0.2, -0.15) is 0 Å². The Morgan fingerprint density at radius 1 is 1.10 bits per heavy atom. The summed E-state index contributed by atoms with van der Waals surface area (Å²) >= 11 is 1.82. The largest absolute Gasteiger partial charge is 0.310 e. The summed E-state index contributed by atoms with van der Waals surface area (Å²) in [4.78, 5) is 0. The first-order valence-corrected chi connectivity index (χ1v) is 8.47. The molecular weight excluding hydrogens is 274 g/mol. The lowest BCUT2D eigenvalue weighted by atomic mass is 9.99. The van der Waals surface area contributed by atoms with Crippen molar-refractivity contribution in [2.45, 2.75) is 26.3 Å². The van der Waals surface area contributed by atoms with Crippen LogP contribution in [0.25, 0.3) is 21.2 Å². The van der Waals surface area contributed by atoms with Gasteiger partial charge < -0.3 is 5.32 Å². The van der Waals surface area contributed by atoms with Gasteiger partial charge in [0.2, 0.25) is 0 Å². The van der Waals surface area contributed by atoms with Crippen molar-refractivity contribution in [3.05, 3.63) is 59.5 Å². The number of nitrogens with one attached hydrogen (secondary N) is 1. The number of benzene rings is 2. The molecule has 2 heteroatoms. The van der Waals surface area contributed by atoms with Gasteiger partial charge in [0, 0.05) is 10.7 Å². The smallest absolute Gasteiger partial charge is 0.0421 e. The van der Waals surface area contributed by atoms with Gasteiger partial charge in [0.25, 0.3) is 0 Å². The fraction of sp³-hybridized carbons (Fsp3) is 0.263. The first kappa shape index (κ1) is 14.3. The normalized spacial score (nSPS) is 12.7. The molecule has 1 heterocycles. The van der Waals surface area contributed by atoms with E-state index in [0.29, 0.717) is 6.04 Å². The third kappa shape index (κ3) is 3.02. The number of thiophene rings is 1. The predicted octanol–water partition coefficient (Wildman–Crippen LogP) is 5.63. The average molecular weight is 295 g/mol. The molecule has 21 heavy (non-hydrogen) atoms. The van der Waals surface area contributed by atoms with Crippen molar-refractivity contribution < 1.29 is 0 Å². The second kappa shape index (κ2) is 6.42. The van der Waals surface area contributed by atoms with Crippen molar-refractivity contribution in [2.75, 3.05) is 6.54 Å². The predicted molar refractivity (Wildman–Crippen MR) is 94.0 cm³/mol. The molecule has 1 atom stereocenters. The molecule has 2 aromatic carbocycles. The first-order valence-electron chi connectivity index (χ1n) is 7.59. The molecule has 0 bridgehead atoms. The summed E-state index contributed by atoms with van der Waals surface area (Å²) < 4.78 is 1.38. The highest BCUT2D eigenvalue weighted by Crippen LogP contribution is 2.33. The molecule has 0 saturated heterocycles. The monoisotopic (exact) mass is 295 g/mol. The topological polar surface area (TPSA) is 12.0 Å². The third-order valence-corrected chi connectivity index (χ3v) is 4.84. The Hall–Kier alpha value is -1.64. The van der Waals surface area contributed by atoms with Crippen molar-refractivity contribution >= 4 is 21.4 Å². The Bertz CT molecular complexity index is 729. The first-order chi connectivity index (χ1) is 10.3. The third-order valence-electron chi connectivity index (χ3n) is 3.88. The second-order valence-corrected chi connectivity index (χ2v) is 6.36. The maximum Gasteiger partial charge on any atom is 0.0421 e. The Kier molecular flexibility index (Phi) is 4.37. The number of rotatable bonds is 5. The van der Waals surface area contributed by atoms with E-state index >= 15 is 0 Å². The van der Waals surface area contributed by atoms with Crippen molar-refractivity contribution in [1.29, 1.82) is 0 Å². The van der Waals surface area contributed by atoms with E-state index in [9.17, 15) is 0 Å². The fourth-order valence-corrected chi connectivity index (χ4v) is 3.61. The van der Waals surface area contributed by atoms with Crippen molar-refractivity contribution in [3.8, 4) is 11.1 Å². The summed E-state index contributed by atoms with van der Waals surface area (Å²) in [6.45, 7) is 5.50. The van der Waals surface area contributed by atoms with Gasteiger partial charge in [-0.25, -0.2) is 0 Å². The maximum absolute atomic E-state index is 3.56. The molecule has 0 fully saturated rings. The molecule has 3 rings (SSSR count). The van der Waals surface area contributed by atoms with Gasteiger partial charge in [-0.1, -0.05) is 43.3 Å². The minimum Gasteiger partial charge on any atom is -0.310 e. The van der Waals surface area contributed by atoms with Crippen LogP contribution in [-0.4, -0.2) is 6.54 Å². The molecule has 0 aliphatic heterocycles. The zero-order valence-electron chi connectivity index (χ0n) is 12.6. The van der Waals surface area contributed by atoms with E-state index in [1.807, 2.05) is 11.3 Å². The molecule has 1 nitrogen and oxygen atoms in total. The minimum atomic E-state index is 0.396. The zero-order valence-corrected chi connectivity index (χ0v) is 13.4. The molecular formula is C19H21NS. The van der Waals surface area contributed by atoms with Crippen LogP contribution in [0.15, 0.2) is 53.9 Å². The molecule has 1 N–H and O–H groups in total. The summed E-state index contributed by atoms with van der Waals surface area (Å²) in [6.07, 6.45) is 1.17. The van der Waals surface area contributed by atoms with Gasteiger partial charge in [-0.15, -0.1) is 11.3 Å². The van der Waals surface area contributed by atoms with Gasteiger partial charge in [0.15, 0.2) is 0 Å². The average Bonchev–Trinajstić information content (AvgIpc) is 3.01. The van der Waals surface area contributed by atoms with Crippen LogP contribution in [-0.2, 0) is 0 Å². The molecule has 108 valence electrons. The summed E-state index contributed by atoms with van der Waals surface area (Å²) in [6, 6.07) is 18.1. The zero-order chi connectivity index (χ0) is 14.7. The lowest BCUT2D eigenvalue weighted by Gasteiger charge is -2.15. The van der Waals surface area contributed by atoms with E-state index in [0.717, 1.165) is 6.54 Å². The summed E-state index contributed by atoms with van der Waals surface area (Å²) in [7, 11) is 0. The summed E-state index contributed by atoms with van der Waals surface area (Å²) in [5, 5.41) is 7.07. The Labute approximate surface area is 130 Å². The standard InChI is InChI=1S/C19H21NS/c1-3-11-20-14(2)16-7-4-8-17(13-16)18-9-5-6-15-10-12-21-19(15)18/h4-10,12-14,20H,3,11H2,1-2H3. The Morgan fingerprint density at radius 2 is 1.95 bits per heavy atom. The molecule has 1 aromatic heterocycles. The fourth-order valence-electron chi connectivity index (χ4n) is 2.67. The molecule has 0 aliphatic carbocycles. The highest BCUT2D eigenvalue weighted by Gasteiger charge is 2.08. The summed E-state index contributed by atoms with van der Waals surface area (Å²) in [5.41, 5.74) is 4.01. The van der Waals surface area contributed by atoms with Crippen LogP contribution in [0.5, 0.6) is 0 Å². The number of hydrogen-bond donors (Lipinski definition) is 1. The molecule has 3 aromatic rings. The van der Waals surface area contributed by atoms with Gasteiger partial charge in [0.1, 0.15) is 0 Å². The van der Waals surface area contributed by atoms with E-state index in [1.165, 1.54) is 33.2 Å². The summed E-state index contributed by atoms with van der Waals surface area (Å²) in [5.74, 6) is 0. The molecule has 0 aliphatic rings. The molecule has 1 unspecified atom stereocenters. The van der Waals surface area contributed by atoms with Crippen molar-refractivity contribution in [3.63, 3.8) is 0 Å². The number of fused-ring (bicyclic) bond motifs is 1. The Morgan fingerprint density at radius 3 is 2.81 bits per heavy atom. The highest BCUT2D eigenvalue weighted by molar-refractivity contribution is 7.17. The van der Waals surface area contributed by atoms with Crippen LogP contribution < -0.4 is 5.32 Å². The maximum atomic E-state index is 3.56. The van der Waals surface area contributed by atoms with Crippen LogP contribution in [0.1, 0.15) is 31.9 Å². The van der Waals surface area contributed by atoms with Gasteiger partial charge in [-0.3, -0.25) is 0 Å². The lowest BCUT2D eigenvalue weighted by molar-refractivity contribution is 0.571. The molecule has 0 saturated carbocycles. The second-order valence-electron chi connectivity index (χ2n) is 5.45. The van der Waals surface area contributed by atoms with Crippen LogP contribution in [0.2, 0.25) is 0 Å². The number of hydrogen-bond acceptors (Lipinski definition) is 2. The molecule has 0 amide bonds. The van der Waals surface area contributed by atoms with Crippen molar-refractivity contribution in [2.24, 2.45) is 0 Å². The minimum absolute atomic E-state index is 0.396. The molecule has 0 spiro atoms. The highest BCUT2D eigenvalue weighted by atomic mass is 32.1. The van der Waals surface area contributed by atoms with E-state index < -0.39 is 0 Å². The van der Waals surface area contributed by atoms with Crippen LogP contribution in [0.3, 0.4) is 0 Å².